The lowest BCUT2D eigenvalue weighted by Gasteiger charge is -2.16. The van der Waals surface area contributed by atoms with E-state index in [4.69, 9.17) is 0 Å². The van der Waals surface area contributed by atoms with Gasteiger partial charge in [0.15, 0.2) is 11.6 Å². The molecule has 0 bridgehead atoms. The molecule has 0 N–H and O–H groups in total. The second-order valence-corrected chi connectivity index (χ2v) is 4.07. The van der Waals surface area contributed by atoms with E-state index < -0.39 is 11.9 Å². The minimum atomic E-state index is -4.57. The van der Waals surface area contributed by atoms with Crippen LogP contribution < -0.4 is 4.90 Å². The van der Waals surface area contributed by atoms with Crippen LogP contribution in [0.4, 0.5) is 19.0 Å². The van der Waals surface area contributed by atoms with E-state index in [0.29, 0.717) is 5.56 Å². The maximum Gasteiger partial charge on any atom is 0.438 e. The van der Waals surface area contributed by atoms with Crippen molar-refractivity contribution in [3.63, 3.8) is 0 Å². The standard InChI is InChI=1S/C12H11F3N4/c1-19(2)11-9(12(13,14)15)17-18-10(16-11)8-6-4-3-5-7-8/h3-7H,1-2H3. The average Bonchev–Trinajstić information content (AvgIpc) is 2.38. The zero-order valence-corrected chi connectivity index (χ0v) is 10.3. The minimum Gasteiger partial charge on any atom is -0.361 e. The average molecular weight is 268 g/mol. The van der Waals surface area contributed by atoms with E-state index in [9.17, 15) is 13.2 Å². The Hall–Kier alpha value is -2.18. The Labute approximate surface area is 107 Å². The summed E-state index contributed by atoms with van der Waals surface area (Å²) >= 11 is 0. The van der Waals surface area contributed by atoms with E-state index in [-0.39, 0.29) is 11.6 Å². The smallest absolute Gasteiger partial charge is 0.361 e. The van der Waals surface area contributed by atoms with Gasteiger partial charge >= 0.3 is 6.18 Å². The summed E-state index contributed by atoms with van der Waals surface area (Å²) in [5.74, 6) is -0.0846. The number of aromatic nitrogens is 3. The number of hydrogen-bond acceptors (Lipinski definition) is 4. The maximum absolute atomic E-state index is 12.8. The highest BCUT2D eigenvalue weighted by Gasteiger charge is 2.38. The van der Waals surface area contributed by atoms with Gasteiger partial charge in [0.05, 0.1) is 0 Å². The molecule has 1 aromatic heterocycles. The molecule has 0 saturated carbocycles. The summed E-state index contributed by atoms with van der Waals surface area (Å²) in [7, 11) is 2.96. The van der Waals surface area contributed by atoms with Crippen LogP contribution in [-0.4, -0.2) is 29.3 Å². The summed E-state index contributed by atoms with van der Waals surface area (Å²) in [4.78, 5) is 5.21. The Balaban J connectivity index is 2.55. The van der Waals surface area contributed by atoms with Gasteiger partial charge in [-0.05, 0) is 0 Å². The molecule has 0 amide bonds. The normalized spacial score (nSPS) is 11.4. The lowest BCUT2D eigenvalue weighted by Crippen LogP contribution is -2.21. The SMILES string of the molecule is CN(C)c1nc(-c2ccccc2)nnc1C(F)(F)F. The summed E-state index contributed by atoms with van der Waals surface area (Å²) in [5, 5.41) is 6.82. The Morgan fingerprint density at radius 2 is 1.63 bits per heavy atom. The van der Waals surface area contributed by atoms with Crippen LogP contribution in [0.1, 0.15) is 5.69 Å². The fraction of sp³-hybridized carbons (Fsp3) is 0.250. The fourth-order valence-electron chi connectivity index (χ4n) is 1.52. The Bertz CT molecular complexity index is 567. The van der Waals surface area contributed by atoms with Crippen LogP contribution in [0.15, 0.2) is 30.3 Å². The molecular formula is C12H11F3N4. The van der Waals surface area contributed by atoms with Crippen molar-refractivity contribution in [2.75, 3.05) is 19.0 Å². The van der Waals surface area contributed by atoms with Crippen LogP contribution in [0, 0.1) is 0 Å². The molecule has 0 aliphatic rings. The lowest BCUT2D eigenvalue weighted by atomic mass is 10.2. The topological polar surface area (TPSA) is 41.9 Å². The molecule has 0 spiro atoms. The first-order valence-electron chi connectivity index (χ1n) is 5.44. The molecule has 0 atom stereocenters. The van der Waals surface area contributed by atoms with Gasteiger partial charge < -0.3 is 4.90 Å². The second-order valence-electron chi connectivity index (χ2n) is 4.07. The molecule has 0 saturated heterocycles. The molecule has 0 fully saturated rings. The summed E-state index contributed by atoms with van der Waals surface area (Å²) in [6, 6.07) is 8.73. The maximum atomic E-state index is 12.8. The van der Waals surface area contributed by atoms with Crippen LogP contribution in [0.5, 0.6) is 0 Å². The highest BCUT2D eigenvalue weighted by atomic mass is 19.4. The van der Waals surface area contributed by atoms with Gasteiger partial charge in [0.25, 0.3) is 0 Å². The van der Waals surface area contributed by atoms with Gasteiger partial charge in [-0.1, -0.05) is 30.3 Å². The molecule has 1 aromatic carbocycles. The number of hydrogen-bond donors (Lipinski definition) is 0. The Morgan fingerprint density at radius 3 is 2.16 bits per heavy atom. The van der Waals surface area contributed by atoms with Crippen molar-refractivity contribution in [2.24, 2.45) is 0 Å². The van der Waals surface area contributed by atoms with E-state index in [0.717, 1.165) is 0 Å². The van der Waals surface area contributed by atoms with Gasteiger partial charge in [0, 0.05) is 19.7 Å². The number of anilines is 1. The molecule has 0 aliphatic heterocycles. The molecular weight excluding hydrogens is 257 g/mol. The highest BCUT2D eigenvalue weighted by molar-refractivity contribution is 5.57. The van der Waals surface area contributed by atoms with Crippen molar-refractivity contribution in [3.8, 4) is 11.4 Å². The first-order valence-corrected chi connectivity index (χ1v) is 5.44. The quantitative estimate of drug-likeness (QED) is 0.839. The monoisotopic (exact) mass is 268 g/mol. The molecule has 19 heavy (non-hydrogen) atoms. The van der Waals surface area contributed by atoms with Crippen molar-refractivity contribution in [1.82, 2.24) is 15.2 Å². The third-order valence-corrected chi connectivity index (χ3v) is 2.39. The van der Waals surface area contributed by atoms with Crippen molar-refractivity contribution in [1.29, 1.82) is 0 Å². The zero-order valence-electron chi connectivity index (χ0n) is 10.3. The van der Waals surface area contributed by atoms with Crippen LogP contribution >= 0.6 is 0 Å². The van der Waals surface area contributed by atoms with Gasteiger partial charge in [-0.15, -0.1) is 10.2 Å². The van der Waals surface area contributed by atoms with Crippen molar-refractivity contribution >= 4 is 5.82 Å². The molecule has 2 aromatic rings. The Morgan fingerprint density at radius 1 is 1.00 bits per heavy atom. The molecule has 2 rings (SSSR count). The number of benzene rings is 1. The number of nitrogens with zero attached hydrogens (tertiary/aromatic N) is 4. The molecule has 7 heteroatoms. The van der Waals surface area contributed by atoms with Crippen molar-refractivity contribution in [2.45, 2.75) is 6.18 Å². The van der Waals surface area contributed by atoms with E-state index in [1.54, 1.807) is 30.3 Å². The summed E-state index contributed by atoms with van der Waals surface area (Å²) in [6.45, 7) is 0. The fourth-order valence-corrected chi connectivity index (χ4v) is 1.52. The Kier molecular flexibility index (Phi) is 3.37. The zero-order chi connectivity index (χ0) is 14.0. The van der Waals surface area contributed by atoms with Crippen LogP contribution in [0.3, 0.4) is 0 Å². The lowest BCUT2D eigenvalue weighted by molar-refractivity contribution is -0.141. The summed E-state index contributed by atoms with van der Waals surface area (Å²) < 4.78 is 38.3. The third kappa shape index (κ3) is 2.81. The van der Waals surface area contributed by atoms with Crippen molar-refractivity contribution in [3.05, 3.63) is 36.0 Å². The molecule has 0 radical (unpaired) electrons. The van der Waals surface area contributed by atoms with Gasteiger partial charge in [-0.3, -0.25) is 0 Å². The van der Waals surface area contributed by atoms with E-state index in [2.05, 4.69) is 15.2 Å². The van der Waals surface area contributed by atoms with Gasteiger partial charge in [-0.2, -0.15) is 13.2 Å². The van der Waals surface area contributed by atoms with Crippen LogP contribution in [0.2, 0.25) is 0 Å². The van der Waals surface area contributed by atoms with Crippen molar-refractivity contribution < 1.29 is 13.2 Å². The molecule has 0 unspecified atom stereocenters. The highest BCUT2D eigenvalue weighted by Crippen LogP contribution is 2.33. The predicted octanol–water partition coefficient (Wildman–Crippen LogP) is 2.62. The van der Waals surface area contributed by atoms with Gasteiger partial charge in [-0.25, -0.2) is 4.98 Å². The second kappa shape index (κ2) is 4.83. The van der Waals surface area contributed by atoms with Gasteiger partial charge in [0.2, 0.25) is 5.69 Å². The predicted molar refractivity (Wildman–Crippen MR) is 64.6 cm³/mol. The first-order chi connectivity index (χ1) is 8.89. The minimum absolute atomic E-state index is 0.164. The molecule has 1 heterocycles. The van der Waals surface area contributed by atoms with E-state index in [1.807, 2.05) is 0 Å². The number of rotatable bonds is 2. The van der Waals surface area contributed by atoms with E-state index >= 15 is 0 Å². The van der Waals surface area contributed by atoms with Crippen LogP contribution in [0.25, 0.3) is 11.4 Å². The summed E-state index contributed by atoms with van der Waals surface area (Å²) in [6.07, 6.45) is -4.57. The van der Waals surface area contributed by atoms with E-state index in [1.165, 1.54) is 19.0 Å². The molecule has 4 nitrogen and oxygen atoms in total. The largest absolute Gasteiger partial charge is 0.438 e. The molecule has 0 aliphatic carbocycles. The first kappa shape index (κ1) is 13.3. The summed E-state index contributed by atoms with van der Waals surface area (Å²) in [5.41, 5.74) is -0.469. The van der Waals surface area contributed by atoms with Crippen LogP contribution in [-0.2, 0) is 6.18 Å². The number of alkyl halides is 3. The molecule has 100 valence electrons. The third-order valence-electron chi connectivity index (χ3n) is 2.39. The number of halogens is 3. The van der Waals surface area contributed by atoms with Gasteiger partial charge in [0.1, 0.15) is 0 Å².